The molecule has 1 amide bonds. The van der Waals surface area contributed by atoms with Gasteiger partial charge in [-0.2, -0.15) is 0 Å². The zero-order valence-electron chi connectivity index (χ0n) is 11.5. The zero-order valence-corrected chi connectivity index (χ0v) is 13.8. The quantitative estimate of drug-likeness (QED) is 0.825. The molecular formula is C15H19BrClNO2. The summed E-state index contributed by atoms with van der Waals surface area (Å²) in [6.45, 7) is 0. The van der Waals surface area contributed by atoms with E-state index in [-0.39, 0.29) is 11.9 Å². The van der Waals surface area contributed by atoms with Crippen LogP contribution in [0.4, 0.5) is 0 Å². The maximum atomic E-state index is 12.3. The SMILES string of the molecule is COc1ccc(C(=O)NC2CCCCC2CCl)cc1Br. The third kappa shape index (κ3) is 3.67. The smallest absolute Gasteiger partial charge is 0.251 e. The Balaban J connectivity index is 2.05. The monoisotopic (exact) mass is 359 g/mol. The van der Waals surface area contributed by atoms with Gasteiger partial charge in [-0.05, 0) is 52.9 Å². The van der Waals surface area contributed by atoms with Gasteiger partial charge in [0.15, 0.2) is 0 Å². The van der Waals surface area contributed by atoms with Crippen molar-refractivity contribution >= 4 is 33.4 Å². The van der Waals surface area contributed by atoms with Crippen LogP contribution in [0.1, 0.15) is 36.0 Å². The minimum Gasteiger partial charge on any atom is -0.496 e. The van der Waals surface area contributed by atoms with E-state index in [1.54, 1.807) is 25.3 Å². The summed E-state index contributed by atoms with van der Waals surface area (Å²) < 4.78 is 5.95. The van der Waals surface area contributed by atoms with Gasteiger partial charge in [-0.1, -0.05) is 12.8 Å². The lowest BCUT2D eigenvalue weighted by atomic mass is 9.85. The second-order valence-corrected chi connectivity index (χ2v) is 6.29. The van der Waals surface area contributed by atoms with Gasteiger partial charge in [-0.25, -0.2) is 0 Å². The van der Waals surface area contributed by atoms with Crippen LogP contribution in [0.5, 0.6) is 5.75 Å². The number of amides is 1. The van der Waals surface area contributed by atoms with Gasteiger partial charge in [0.25, 0.3) is 5.91 Å². The van der Waals surface area contributed by atoms with E-state index in [0.29, 0.717) is 17.4 Å². The van der Waals surface area contributed by atoms with E-state index in [9.17, 15) is 4.79 Å². The molecule has 1 aliphatic rings. The fraction of sp³-hybridized carbons (Fsp3) is 0.533. The Kier molecular flexibility index (Phi) is 5.73. The van der Waals surface area contributed by atoms with Crippen molar-refractivity contribution in [1.29, 1.82) is 0 Å². The van der Waals surface area contributed by atoms with Crippen LogP contribution in [-0.4, -0.2) is 24.9 Å². The van der Waals surface area contributed by atoms with Crippen molar-refractivity contribution in [3.05, 3.63) is 28.2 Å². The number of hydrogen-bond acceptors (Lipinski definition) is 2. The Labute approximate surface area is 133 Å². The van der Waals surface area contributed by atoms with Gasteiger partial charge in [0.2, 0.25) is 0 Å². The largest absolute Gasteiger partial charge is 0.496 e. The van der Waals surface area contributed by atoms with Crippen LogP contribution in [-0.2, 0) is 0 Å². The van der Waals surface area contributed by atoms with Crippen LogP contribution in [0.25, 0.3) is 0 Å². The standard InChI is InChI=1S/C15H19BrClNO2/c1-20-14-7-6-10(8-12(14)16)15(19)18-13-5-3-2-4-11(13)9-17/h6-8,11,13H,2-5,9H2,1H3,(H,18,19). The number of nitrogens with one attached hydrogen (secondary N) is 1. The molecule has 5 heteroatoms. The van der Waals surface area contributed by atoms with Crippen LogP contribution in [0.2, 0.25) is 0 Å². The molecule has 0 radical (unpaired) electrons. The first kappa shape index (κ1) is 15.6. The van der Waals surface area contributed by atoms with Crippen molar-refractivity contribution in [2.24, 2.45) is 5.92 Å². The van der Waals surface area contributed by atoms with E-state index < -0.39 is 0 Å². The Morgan fingerprint density at radius 2 is 2.20 bits per heavy atom. The lowest BCUT2D eigenvalue weighted by Crippen LogP contribution is -2.42. The van der Waals surface area contributed by atoms with Crippen molar-refractivity contribution in [3.63, 3.8) is 0 Å². The molecule has 1 N–H and O–H groups in total. The maximum absolute atomic E-state index is 12.3. The zero-order chi connectivity index (χ0) is 14.5. The number of carbonyl (C=O) groups excluding carboxylic acids is 1. The molecule has 0 spiro atoms. The molecule has 1 fully saturated rings. The van der Waals surface area contributed by atoms with E-state index in [4.69, 9.17) is 16.3 Å². The second kappa shape index (κ2) is 7.32. The minimum absolute atomic E-state index is 0.0460. The molecule has 0 aromatic heterocycles. The Bertz CT molecular complexity index is 481. The highest BCUT2D eigenvalue weighted by Gasteiger charge is 2.26. The van der Waals surface area contributed by atoms with Gasteiger partial charge in [0.05, 0.1) is 11.6 Å². The number of carbonyl (C=O) groups is 1. The molecule has 3 nitrogen and oxygen atoms in total. The first-order valence-corrected chi connectivity index (χ1v) is 8.19. The predicted octanol–water partition coefficient (Wildman–Crippen LogP) is 3.99. The van der Waals surface area contributed by atoms with Crippen LogP contribution in [0.15, 0.2) is 22.7 Å². The van der Waals surface area contributed by atoms with E-state index in [1.807, 2.05) is 0 Å². The Hall–Kier alpha value is -0.740. The van der Waals surface area contributed by atoms with Crippen LogP contribution in [0, 0.1) is 5.92 Å². The molecular weight excluding hydrogens is 342 g/mol. The van der Waals surface area contributed by atoms with Crippen molar-refractivity contribution in [2.75, 3.05) is 13.0 Å². The van der Waals surface area contributed by atoms with Crippen molar-refractivity contribution in [2.45, 2.75) is 31.7 Å². The van der Waals surface area contributed by atoms with E-state index >= 15 is 0 Å². The Morgan fingerprint density at radius 3 is 2.85 bits per heavy atom. The summed E-state index contributed by atoms with van der Waals surface area (Å²) in [7, 11) is 1.60. The second-order valence-electron chi connectivity index (χ2n) is 5.13. The summed E-state index contributed by atoms with van der Waals surface area (Å²) >= 11 is 9.39. The van der Waals surface area contributed by atoms with Crippen molar-refractivity contribution in [3.8, 4) is 5.75 Å². The fourth-order valence-electron chi connectivity index (χ4n) is 2.64. The highest BCUT2D eigenvalue weighted by atomic mass is 79.9. The van der Waals surface area contributed by atoms with Gasteiger partial charge in [0.1, 0.15) is 5.75 Å². The topological polar surface area (TPSA) is 38.3 Å². The molecule has 0 aliphatic heterocycles. The number of hydrogen-bond donors (Lipinski definition) is 1. The number of methoxy groups -OCH3 is 1. The molecule has 1 aliphatic carbocycles. The average molecular weight is 361 g/mol. The molecule has 0 heterocycles. The first-order chi connectivity index (χ1) is 9.65. The summed E-state index contributed by atoms with van der Waals surface area (Å²) in [5.74, 6) is 1.67. The predicted molar refractivity (Wildman–Crippen MR) is 84.6 cm³/mol. The normalized spacial score (nSPS) is 22.4. The molecule has 2 rings (SSSR count). The van der Waals surface area contributed by atoms with E-state index in [2.05, 4.69) is 21.2 Å². The average Bonchev–Trinajstić information content (AvgIpc) is 2.47. The molecule has 0 bridgehead atoms. The first-order valence-electron chi connectivity index (χ1n) is 6.86. The third-order valence-corrected chi connectivity index (χ3v) is 4.85. The summed E-state index contributed by atoms with van der Waals surface area (Å²) in [6.07, 6.45) is 4.48. The number of benzene rings is 1. The van der Waals surface area contributed by atoms with Crippen molar-refractivity contribution < 1.29 is 9.53 Å². The Morgan fingerprint density at radius 1 is 1.45 bits per heavy atom. The molecule has 110 valence electrons. The van der Waals surface area contributed by atoms with Gasteiger partial charge in [-0.15, -0.1) is 11.6 Å². The van der Waals surface area contributed by atoms with Gasteiger partial charge in [0, 0.05) is 17.5 Å². The maximum Gasteiger partial charge on any atom is 0.251 e. The summed E-state index contributed by atoms with van der Waals surface area (Å²) in [5.41, 5.74) is 0.636. The summed E-state index contributed by atoms with van der Waals surface area (Å²) in [6, 6.07) is 5.54. The van der Waals surface area contributed by atoms with Crippen molar-refractivity contribution in [1.82, 2.24) is 5.32 Å². The molecule has 20 heavy (non-hydrogen) atoms. The number of ether oxygens (including phenoxy) is 1. The lowest BCUT2D eigenvalue weighted by Gasteiger charge is -2.30. The molecule has 1 aromatic rings. The summed E-state index contributed by atoms with van der Waals surface area (Å²) in [4.78, 5) is 12.3. The van der Waals surface area contributed by atoms with Crippen LogP contribution in [0.3, 0.4) is 0 Å². The van der Waals surface area contributed by atoms with Crippen LogP contribution < -0.4 is 10.1 Å². The number of halogens is 2. The minimum atomic E-state index is -0.0460. The fourth-order valence-corrected chi connectivity index (χ4v) is 3.55. The molecule has 0 saturated heterocycles. The molecule has 1 saturated carbocycles. The third-order valence-electron chi connectivity index (χ3n) is 3.84. The molecule has 1 aromatic carbocycles. The molecule has 2 atom stereocenters. The van der Waals surface area contributed by atoms with E-state index in [1.165, 1.54) is 6.42 Å². The highest BCUT2D eigenvalue weighted by molar-refractivity contribution is 9.10. The molecule has 2 unspecified atom stereocenters. The number of rotatable bonds is 4. The van der Waals surface area contributed by atoms with Gasteiger partial charge in [-0.3, -0.25) is 4.79 Å². The van der Waals surface area contributed by atoms with E-state index in [0.717, 1.165) is 29.5 Å². The lowest BCUT2D eigenvalue weighted by molar-refractivity contribution is 0.0911. The highest BCUT2D eigenvalue weighted by Crippen LogP contribution is 2.27. The van der Waals surface area contributed by atoms with Gasteiger partial charge < -0.3 is 10.1 Å². The number of alkyl halides is 1. The van der Waals surface area contributed by atoms with Gasteiger partial charge >= 0.3 is 0 Å². The van der Waals surface area contributed by atoms with Crippen LogP contribution >= 0.6 is 27.5 Å². The summed E-state index contributed by atoms with van der Waals surface area (Å²) in [5, 5.41) is 3.12.